The molecule has 0 amide bonds. The monoisotopic (exact) mass is 563 g/mol. The number of ketones is 1. The molecule has 3 heterocycles. The molecule has 0 unspecified atom stereocenters. The Morgan fingerprint density at radius 2 is 1.82 bits per heavy atom. The number of morpholine rings is 1. The molecule has 1 aliphatic carbocycles. The molecule has 212 valence electrons. The molecule has 1 aliphatic heterocycles. The van der Waals surface area contributed by atoms with Crippen molar-refractivity contribution in [2.45, 2.75) is 44.6 Å². The molecule has 9 nitrogen and oxygen atoms in total. The Morgan fingerprint density at radius 3 is 2.51 bits per heavy atom. The summed E-state index contributed by atoms with van der Waals surface area (Å²) in [4.78, 5) is 29.9. The largest absolute Gasteiger partial charge is 0.378 e. The molecule has 1 saturated heterocycles. The lowest BCUT2D eigenvalue weighted by molar-refractivity contribution is -0.120. The molecule has 0 spiro atoms. The Kier molecular flexibility index (Phi) is 9.68. The molecule has 0 radical (unpaired) electrons. The van der Waals surface area contributed by atoms with E-state index in [0.717, 1.165) is 25.7 Å². The van der Waals surface area contributed by atoms with Gasteiger partial charge in [-0.05, 0) is 57.8 Å². The molecular weight excluding hydrogens is 528 g/mol. The number of para-hydroxylation sites is 2. The number of carbonyl (C=O) groups excluding carboxylic acids is 1. The number of anilines is 2. The van der Waals surface area contributed by atoms with Gasteiger partial charge in [0.15, 0.2) is 5.82 Å². The molecule has 3 aromatic rings. The Morgan fingerprint density at radius 1 is 1.10 bits per heavy atom. The van der Waals surface area contributed by atoms with Crippen molar-refractivity contribution in [3.63, 3.8) is 0 Å². The number of nitrogens with one attached hydrogen (secondary N) is 1. The number of imidazole rings is 1. The molecular formula is C27H36ClF2N7O2. The van der Waals surface area contributed by atoms with Gasteiger partial charge in [-0.25, -0.2) is 13.8 Å². The molecule has 2 fully saturated rings. The molecule has 12 heteroatoms. The van der Waals surface area contributed by atoms with E-state index >= 15 is 0 Å². The molecule has 5 rings (SSSR count). The second kappa shape index (κ2) is 13.0. The molecule has 2 aromatic heterocycles. The minimum Gasteiger partial charge on any atom is -0.378 e. The number of alkyl halides is 2. The summed E-state index contributed by atoms with van der Waals surface area (Å²) < 4.78 is 35.1. The fourth-order valence-corrected chi connectivity index (χ4v) is 5.41. The lowest BCUT2D eigenvalue weighted by atomic mass is 9.83. The smallest absolute Gasteiger partial charge is 0.296 e. The summed E-state index contributed by atoms with van der Waals surface area (Å²) in [6, 6.07) is 9.01. The Hall–Kier alpha value is -2.89. The minimum absolute atomic E-state index is 0. The number of nitrogens with zero attached hydrogens (tertiary/aromatic N) is 6. The summed E-state index contributed by atoms with van der Waals surface area (Å²) in [5.41, 5.74) is 1.06. The van der Waals surface area contributed by atoms with Crippen LogP contribution in [0.1, 0.15) is 44.4 Å². The fraction of sp³-hybridized carbons (Fsp3) is 0.556. The highest BCUT2D eigenvalue weighted by molar-refractivity contribution is 5.85. The first-order chi connectivity index (χ1) is 18.4. The van der Waals surface area contributed by atoms with Crippen LogP contribution in [0.4, 0.5) is 20.5 Å². The number of rotatable bonds is 9. The summed E-state index contributed by atoms with van der Waals surface area (Å²) in [5.74, 6) is 1.78. The quantitative estimate of drug-likeness (QED) is 0.407. The van der Waals surface area contributed by atoms with E-state index in [0.29, 0.717) is 73.8 Å². The maximum Gasteiger partial charge on any atom is 0.296 e. The second-order valence-corrected chi connectivity index (χ2v) is 10.4. The van der Waals surface area contributed by atoms with Crippen molar-refractivity contribution >= 4 is 41.0 Å². The van der Waals surface area contributed by atoms with Gasteiger partial charge in [0.05, 0.1) is 30.8 Å². The zero-order chi connectivity index (χ0) is 26.6. The van der Waals surface area contributed by atoms with Crippen molar-refractivity contribution < 1.29 is 18.3 Å². The maximum atomic E-state index is 14.1. The van der Waals surface area contributed by atoms with Crippen LogP contribution < -0.4 is 10.2 Å². The first kappa shape index (κ1) is 29.1. The van der Waals surface area contributed by atoms with Gasteiger partial charge < -0.3 is 19.9 Å². The molecule has 0 bridgehead atoms. The third-order valence-corrected chi connectivity index (χ3v) is 7.21. The zero-order valence-corrected chi connectivity index (χ0v) is 23.2. The van der Waals surface area contributed by atoms with Crippen LogP contribution in [0.25, 0.3) is 16.9 Å². The molecule has 1 N–H and O–H groups in total. The van der Waals surface area contributed by atoms with Crippen molar-refractivity contribution in [1.29, 1.82) is 0 Å². The molecule has 0 atom stereocenters. The third kappa shape index (κ3) is 7.01. The highest BCUT2D eigenvalue weighted by Crippen LogP contribution is 2.31. The van der Waals surface area contributed by atoms with Gasteiger partial charge in [0.25, 0.3) is 6.43 Å². The highest BCUT2D eigenvalue weighted by atomic mass is 35.5. The molecule has 1 aromatic carbocycles. The number of halogens is 3. The van der Waals surface area contributed by atoms with Gasteiger partial charge in [0.2, 0.25) is 5.95 Å². The molecule has 39 heavy (non-hydrogen) atoms. The van der Waals surface area contributed by atoms with E-state index in [2.05, 4.69) is 10.3 Å². The average molecular weight is 564 g/mol. The van der Waals surface area contributed by atoms with Crippen molar-refractivity contribution in [3.05, 3.63) is 36.2 Å². The number of hydrogen-bond donors (Lipinski definition) is 1. The summed E-state index contributed by atoms with van der Waals surface area (Å²) in [7, 11) is 3.83. The summed E-state index contributed by atoms with van der Waals surface area (Å²) in [6.45, 7) is 2.85. The van der Waals surface area contributed by atoms with E-state index in [9.17, 15) is 13.6 Å². The minimum atomic E-state index is -2.76. The van der Waals surface area contributed by atoms with Gasteiger partial charge in [-0.15, -0.1) is 12.4 Å². The predicted molar refractivity (Wildman–Crippen MR) is 149 cm³/mol. The molecule has 2 aliphatic rings. The van der Waals surface area contributed by atoms with Crippen LogP contribution in [-0.2, 0) is 9.53 Å². The Labute approximate surface area is 233 Å². The maximum absolute atomic E-state index is 14.1. The van der Waals surface area contributed by atoms with E-state index in [1.54, 1.807) is 30.3 Å². The van der Waals surface area contributed by atoms with E-state index in [-0.39, 0.29) is 30.1 Å². The summed E-state index contributed by atoms with van der Waals surface area (Å²) >= 11 is 0. The first-order valence-corrected chi connectivity index (χ1v) is 13.3. The van der Waals surface area contributed by atoms with Crippen LogP contribution in [0.3, 0.4) is 0 Å². The van der Waals surface area contributed by atoms with E-state index in [4.69, 9.17) is 14.7 Å². The van der Waals surface area contributed by atoms with Crippen molar-refractivity contribution in [2.75, 3.05) is 57.2 Å². The fourth-order valence-electron chi connectivity index (χ4n) is 5.41. The van der Waals surface area contributed by atoms with Gasteiger partial charge in [-0.3, -0.25) is 9.36 Å². The van der Waals surface area contributed by atoms with Crippen LogP contribution >= 0.6 is 12.4 Å². The number of aromatic nitrogens is 4. The second-order valence-electron chi connectivity index (χ2n) is 10.4. The normalized spacial score (nSPS) is 19.9. The van der Waals surface area contributed by atoms with Crippen molar-refractivity contribution in [1.82, 2.24) is 24.4 Å². The number of likely N-dealkylation sites (N-methyl/N-ethyl adjacent to an activating group) is 1. The van der Waals surface area contributed by atoms with E-state index in [1.165, 1.54) is 4.57 Å². The van der Waals surface area contributed by atoms with Crippen LogP contribution in [0, 0.1) is 5.92 Å². The Bertz CT molecular complexity index is 1260. The number of ether oxygens (including phenoxy) is 1. The van der Waals surface area contributed by atoms with Gasteiger partial charge in [-0.1, -0.05) is 12.1 Å². The zero-order valence-electron chi connectivity index (χ0n) is 22.4. The van der Waals surface area contributed by atoms with Gasteiger partial charge in [0, 0.05) is 31.6 Å². The van der Waals surface area contributed by atoms with Gasteiger partial charge in [0.1, 0.15) is 17.4 Å². The predicted octanol–water partition coefficient (Wildman–Crippen LogP) is 4.50. The van der Waals surface area contributed by atoms with Crippen LogP contribution in [0.2, 0.25) is 0 Å². The topological polar surface area (TPSA) is 88.4 Å². The van der Waals surface area contributed by atoms with E-state index in [1.807, 2.05) is 23.9 Å². The summed E-state index contributed by atoms with van der Waals surface area (Å²) in [6.07, 6.45) is 1.63. The number of fused-ring (bicyclic) bond motifs is 1. The first-order valence-electron chi connectivity index (χ1n) is 13.3. The SMILES string of the molecule is CN(C)CC(=O)CC1CCC(Nc2cc(-n3c(C(F)F)nc4ccccc43)nc(N3CCOCC3)n2)CC1.Cl. The highest BCUT2D eigenvalue weighted by Gasteiger charge is 2.26. The van der Waals surface area contributed by atoms with Gasteiger partial charge >= 0.3 is 0 Å². The number of carbonyl (C=O) groups is 1. The number of hydrogen-bond acceptors (Lipinski definition) is 8. The molecule has 1 saturated carbocycles. The van der Waals surface area contributed by atoms with E-state index < -0.39 is 6.43 Å². The standard InChI is InChI=1S/C27H35F2N7O2.ClH/c1-34(2)17-20(37)15-18-7-9-19(10-8-18)30-23-16-24(33-27(32-23)35-11-13-38-14-12-35)36-22-6-4-3-5-21(22)31-26(36)25(28)29;/h3-6,16,18-19,25H,7-15,17H2,1-2H3,(H,30,32,33);1H. The van der Waals surface area contributed by atoms with Crippen molar-refractivity contribution in [2.24, 2.45) is 5.92 Å². The van der Waals surface area contributed by atoms with Crippen LogP contribution in [0.15, 0.2) is 30.3 Å². The number of benzene rings is 1. The van der Waals surface area contributed by atoms with Crippen LogP contribution in [0.5, 0.6) is 0 Å². The Balaban J connectivity index is 0.00000353. The average Bonchev–Trinajstić information content (AvgIpc) is 3.30. The van der Waals surface area contributed by atoms with Gasteiger partial charge in [-0.2, -0.15) is 9.97 Å². The van der Waals surface area contributed by atoms with Crippen LogP contribution in [-0.4, -0.2) is 83.2 Å². The lowest BCUT2D eigenvalue weighted by Gasteiger charge is -2.30. The van der Waals surface area contributed by atoms with Crippen molar-refractivity contribution in [3.8, 4) is 5.82 Å². The lowest BCUT2D eigenvalue weighted by Crippen LogP contribution is -2.37. The number of Topliss-reactive ketones (excluding diaryl/α,β-unsaturated/α-hetero) is 1. The summed E-state index contributed by atoms with van der Waals surface area (Å²) in [5, 5.41) is 3.54. The third-order valence-electron chi connectivity index (χ3n) is 7.21.